The molecular formula is C19H17N3O2S2. The molecule has 4 rings (SSSR count). The van der Waals surface area contributed by atoms with Crippen LogP contribution in [0.2, 0.25) is 0 Å². The van der Waals surface area contributed by atoms with Crippen LogP contribution in [-0.2, 0) is 12.8 Å². The number of hydrogen-bond donors (Lipinski definition) is 2. The Labute approximate surface area is 159 Å². The van der Waals surface area contributed by atoms with Gasteiger partial charge in [-0.25, -0.2) is 4.98 Å². The van der Waals surface area contributed by atoms with Crippen molar-refractivity contribution >= 4 is 45.3 Å². The maximum Gasteiger partial charge on any atom is 0.265 e. The lowest BCUT2D eigenvalue weighted by atomic mass is 10.0. The largest absolute Gasteiger partial charge is 0.321 e. The predicted octanol–water partition coefficient (Wildman–Crippen LogP) is 4.59. The Hall–Kier alpha value is -2.51. The number of carbonyl (C=O) groups is 2. The van der Waals surface area contributed by atoms with Crippen LogP contribution >= 0.6 is 22.7 Å². The Morgan fingerprint density at radius 3 is 2.69 bits per heavy atom. The molecule has 0 spiro atoms. The van der Waals surface area contributed by atoms with Gasteiger partial charge >= 0.3 is 0 Å². The second-order valence-electron chi connectivity index (χ2n) is 6.06. The van der Waals surface area contributed by atoms with Crippen molar-refractivity contribution in [2.45, 2.75) is 25.7 Å². The van der Waals surface area contributed by atoms with Crippen LogP contribution in [0.1, 0.15) is 43.4 Å². The van der Waals surface area contributed by atoms with Crippen molar-refractivity contribution in [1.82, 2.24) is 4.98 Å². The van der Waals surface area contributed by atoms with E-state index < -0.39 is 0 Å². The summed E-state index contributed by atoms with van der Waals surface area (Å²) >= 11 is 2.94. The number of aryl methyl sites for hydroxylation is 2. The van der Waals surface area contributed by atoms with Gasteiger partial charge in [-0.1, -0.05) is 12.1 Å². The molecule has 3 aromatic rings. The number of nitrogens with zero attached hydrogens (tertiary/aromatic N) is 1. The number of aromatic nitrogens is 1. The summed E-state index contributed by atoms with van der Waals surface area (Å²) in [6.45, 7) is 0. The normalized spacial score (nSPS) is 13.1. The second kappa shape index (κ2) is 7.39. The summed E-state index contributed by atoms with van der Waals surface area (Å²) in [5.41, 5.74) is 2.20. The molecule has 2 amide bonds. The second-order valence-corrected chi connectivity index (χ2v) is 8.09. The van der Waals surface area contributed by atoms with Crippen molar-refractivity contribution in [3.8, 4) is 0 Å². The summed E-state index contributed by atoms with van der Waals surface area (Å²) in [6.07, 6.45) is 4.39. The maximum atomic E-state index is 12.5. The third-order valence-electron chi connectivity index (χ3n) is 4.19. The molecule has 132 valence electrons. The summed E-state index contributed by atoms with van der Waals surface area (Å²) in [6, 6.07) is 10.5. The predicted molar refractivity (Wildman–Crippen MR) is 105 cm³/mol. The monoisotopic (exact) mass is 383 g/mol. The van der Waals surface area contributed by atoms with E-state index in [4.69, 9.17) is 0 Å². The van der Waals surface area contributed by atoms with Crippen molar-refractivity contribution in [1.29, 1.82) is 0 Å². The smallest absolute Gasteiger partial charge is 0.265 e. The van der Waals surface area contributed by atoms with Crippen molar-refractivity contribution in [3.05, 3.63) is 62.8 Å². The number of benzene rings is 1. The van der Waals surface area contributed by atoms with E-state index >= 15 is 0 Å². The molecule has 0 saturated carbocycles. The van der Waals surface area contributed by atoms with Crippen LogP contribution in [0.5, 0.6) is 0 Å². The first-order valence-electron chi connectivity index (χ1n) is 8.44. The average molecular weight is 383 g/mol. The van der Waals surface area contributed by atoms with Crippen LogP contribution < -0.4 is 10.6 Å². The van der Waals surface area contributed by atoms with Gasteiger partial charge < -0.3 is 5.32 Å². The standard InChI is InChI=1S/C19H17N3O2S2/c23-17(22-19-21-14-7-1-2-8-15(14)26-19)12-5-3-6-13(11-12)20-18(24)16-9-4-10-25-16/h3-6,9-11H,1-2,7-8H2,(H,20,24)(H,21,22,23). The zero-order chi connectivity index (χ0) is 17.9. The molecule has 0 aliphatic heterocycles. The van der Waals surface area contributed by atoms with E-state index in [1.54, 1.807) is 41.7 Å². The third-order valence-corrected chi connectivity index (χ3v) is 6.14. The topological polar surface area (TPSA) is 71.1 Å². The molecule has 0 atom stereocenters. The molecule has 7 heteroatoms. The highest BCUT2D eigenvalue weighted by atomic mass is 32.1. The number of thiazole rings is 1. The molecular weight excluding hydrogens is 366 g/mol. The molecule has 0 radical (unpaired) electrons. The van der Waals surface area contributed by atoms with Crippen molar-refractivity contribution in [2.24, 2.45) is 0 Å². The van der Waals surface area contributed by atoms with E-state index in [9.17, 15) is 9.59 Å². The zero-order valence-corrected chi connectivity index (χ0v) is 15.6. The Balaban J connectivity index is 1.46. The molecule has 2 heterocycles. The molecule has 1 aromatic carbocycles. The summed E-state index contributed by atoms with van der Waals surface area (Å²) in [7, 11) is 0. The fourth-order valence-electron chi connectivity index (χ4n) is 2.91. The van der Waals surface area contributed by atoms with Gasteiger partial charge in [0.1, 0.15) is 0 Å². The molecule has 0 bridgehead atoms. The molecule has 0 fully saturated rings. The number of thiophene rings is 1. The molecule has 2 N–H and O–H groups in total. The minimum atomic E-state index is -0.219. The third kappa shape index (κ3) is 3.68. The molecule has 1 aliphatic carbocycles. The van der Waals surface area contributed by atoms with E-state index in [1.165, 1.54) is 22.6 Å². The summed E-state index contributed by atoms with van der Waals surface area (Å²) < 4.78 is 0. The number of hydrogen-bond acceptors (Lipinski definition) is 5. The highest BCUT2D eigenvalue weighted by Crippen LogP contribution is 2.29. The fourth-order valence-corrected chi connectivity index (χ4v) is 4.58. The summed E-state index contributed by atoms with van der Waals surface area (Å²) in [5, 5.41) is 8.20. The number of fused-ring (bicyclic) bond motifs is 1. The average Bonchev–Trinajstić information content (AvgIpc) is 3.31. The Kier molecular flexibility index (Phi) is 4.81. The quantitative estimate of drug-likeness (QED) is 0.692. The molecule has 1 aliphatic rings. The first-order valence-corrected chi connectivity index (χ1v) is 10.1. The van der Waals surface area contributed by atoms with E-state index in [2.05, 4.69) is 15.6 Å². The first-order chi connectivity index (χ1) is 12.7. The van der Waals surface area contributed by atoms with E-state index in [-0.39, 0.29) is 11.8 Å². The van der Waals surface area contributed by atoms with Crippen LogP contribution in [0.3, 0.4) is 0 Å². The van der Waals surface area contributed by atoms with Gasteiger partial charge in [-0.3, -0.25) is 14.9 Å². The van der Waals surface area contributed by atoms with Gasteiger partial charge in [-0.2, -0.15) is 0 Å². The lowest BCUT2D eigenvalue weighted by Crippen LogP contribution is -2.14. The van der Waals surface area contributed by atoms with Crippen LogP contribution in [0, 0.1) is 0 Å². The number of amides is 2. The molecule has 2 aromatic heterocycles. The SMILES string of the molecule is O=C(Nc1nc2c(s1)CCCC2)c1cccc(NC(=O)c2cccs2)c1. The van der Waals surface area contributed by atoms with Gasteiger partial charge in [-0.15, -0.1) is 22.7 Å². The van der Waals surface area contributed by atoms with Gasteiger partial charge in [0.2, 0.25) is 0 Å². The van der Waals surface area contributed by atoms with Crippen molar-refractivity contribution in [2.75, 3.05) is 10.6 Å². The van der Waals surface area contributed by atoms with Gasteiger partial charge in [0, 0.05) is 16.1 Å². The molecule has 5 nitrogen and oxygen atoms in total. The minimum absolute atomic E-state index is 0.176. The zero-order valence-electron chi connectivity index (χ0n) is 14.0. The Bertz CT molecular complexity index is 924. The van der Waals surface area contributed by atoms with Crippen molar-refractivity contribution < 1.29 is 9.59 Å². The molecule has 0 saturated heterocycles. The van der Waals surface area contributed by atoms with Crippen molar-refractivity contribution in [3.63, 3.8) is 0 Å². The van der Waals surface area contributed by atoms with Crippen LogP contribution in [0.15, 0.2) is 41.8 Å². The van der Waals surface area contributed by atoms with E-state index in [0.717, 1.165) is 25.0 Å². The fraction of sp³-hybridized carbons (Fsp3) is 0.211. The molecule has 0 unspecified atom stereocenters. The number of nitrogens with one attached hydrogen (secondary N) is 2. The van der Waals surface area contributed by atoms with Gasteiger partial charge in [0.05, 0.1) is 10.6 Å². The summed E-state index contributed by atoms with van der Waals surface area (Å²) in [4.78, 5) is 31.1. The van der Waals surface area contributed by atoms with Gasteiger partial charge in [0.25, 0.3) is 11.8 Å². The molecule has 26 heavy (non-hydrogen) atoms. The minimum Gasteiger partial charge on any atom is -0.321 e. The van der Waals surface area contributed by atoms with Gasteiger partial charge in [0.15, 0.2) is 5.13 Å². The highest BCUT2D eigenvalue weighted by Gasteiger charge is 2.17. The number of carbonyl (C=O) groups excluding carboxylic acids is 2. The Morgan fingerprint density at radius 1 is 1.00 bits per heavy atom. The maximum absolute atomic E-state index is 12.5. The Morgan fingerprint density at radius 2 is 1.88 bits per heavy atom. The van der Waals surface area contributed by atoms with E-state index in [1.807, 2.05) is 11.4 Å². The van der Waals surface area contributed by atoms with Crippen LogP contribution in [0.4, 0.5) is 10.8 Å². The first kappa shape index (κ1) is 16.9. The van der Waals surface area contributed by atoms with Gasteiger partial charge in [-0.05, 0) is 55.3 Å². The van der Waals surface area contributed by atoms with Crippen LogP contribution in [0.25, 0.3) is 0 Å². The summed E-state index contributed by atoms with van der Waals surface area (Å²) in [5.74, 6) is -0.395. The number of rotatable bonds is 4. The van der Waals surface area contributed by atoms with E-state index in [0.29, 0.717) is 21.3 Å². The number of anilines is 2. The van der Waals surface area contributed by atoms with Crippen LogP contribution in [-0.4, -0.2) is 16.8 Å². The lowest BCUT2D eigenvalue weighted by Gasteiger charge is -2.06. The highest BCUT2D eigenvalue weighted by molar-refractivity contribution is 7.16. The lowest BCUT2D eigenvalue weighted by molar-refractivity contribution is 0.101.